The van der Waals surface area contributed by atoms with Gasteiger partial charge in [-0.2, -0.15) is 0 Å². The minimum atomic E-state index is -1.15. The van der Waals surface area contributed by atoms with Gasteiger partial charge in [0.25, 0.3) is 5.91 Å². The molecular formula is C33H36ClF2N3O4S. The molecular weight excluding hydrogens is 608 g/mol. The average Bonchev–Trinajstić information content (AvgIpc) is 3.36. The molecule has 7 nitrogen and oxygen atoms in total. The van der Waals surface area contributed by atoms with Crippen molar-refractivity contribution < 1.29 is 28.2 Å². The second kappa shape index (κ2) is 18.6. The fourth-order valence-electron chi connectivity index (χ4n) is 4.54. The van der Waals surface area contributed by atoms with Crippen molar-refractivity contribution in [1.82, 2.24) is 10.3 Å². The summed E-state index contributed by atoms with van der Waals surface area (Å²) >= 11 is 7.03. The maximum Gasteiger partial charge on any atom is 0.354 e. The van der Waals surface area contributed by atoms with Gasteiger partial charge in [0.05, 0.1) is 22.6 Å². The first-order chi connectivity index (χ1) is 21.3. The number of carbonyl (C=O) groups excluding carboxylic acids is 1. The summed E-state index contributed by atoms with van der Waals surface area (Å²) in [6.45, 7) is 0.0300. The molecule has 0 bridgehead atoms. The van der Waals surface area contributed by atoms with E-state index in [1.54, 1.807) is 24.3 Å². The highest BCUT2D eigenvalue weighted by atomic mass is 35.5. The average molecular weight is 644 g/mol. The lowest BCUT2D eigenvalue weighted by atomic mass is 10.0. The van der Waals surface area contributed by atoms with Gasteiger partial charge in [0.2, 0.25) is 0 Å². The second-order valence-electron chi connectivity index (χ2n) is 9.35. The highest BCUT2D eigenvalue weighted by molar-refractivity contribution is 7.16. The van der Waals surface area contributed by atoms with E-state index >= 15 is 0 Å². The van der Waals surface area contributed by atoms with E-state index in [0.717, 1.165) is 11.3 Å². The first-order valence-corrected chi connectivity index (χ1v) is 15.1. The van der Waals surface area contributed by atoms with Crippen LogP contribution in [0.5, 0.6) is 5.75 Å². The van der Waals surface area contributed by atoms with E-state index in [1.165, 1.54) is 77.1 Å². The van der Waals surface area contributed by atoms with Crippen molar-refractivity contribution in [2.75, 3.05) is 14.2 Å². The normalized spacial score (nSPS) is 13.4. The molecule has 11 heteroatoms. The molecule has 3 aromatic rings. The number of aromatic nitrogens is 1. The number of benzene rings is 1. The second-order valence-corrected chi connectivity index (χ2v) is 10.8. The van der Waals surface area contributed by atoms with E-state index in [0.29, 0.717) is 22.4 Å². The number of fused-ring (bicyclic) bond motifs is 1. The zero-order chi connectivity index (χ0) is 32.6. The van der Waals surface area contributed by atoms with Gasteiger partial charge in [-0.25, -0.2) is 18.6 Å². The first-order valence-electron chi connectivity index (χ1n) is 13.9. The van der Waals surface area contributed by atoms with Crippen LogP contribution in [0.2, 0.25) is 5.02 Å². The van der Waals surface area contributed by atoms with Crippen LogP contribution in [-0.4, -0.2) is 36.1 Å². The van der Waals surface area contributed by atoms with Crippen molar-refractivity contribution in [3.63, 3.8) is 0 Å². The van der Waals surface area contributed by atoms with Gasteiger partial charge in [0, 0.05) is 18.3 Å². The van der Waals surface area contributed by atoms with Crippen LogP contribution in [0.15, 0.2) is 48.7 Å². The molecule has 4 N–H and O–H groups in total. The first kappa shape index (κ1) is 36.2. The van der Waals surface area contributed by atoms with Gasteiger partial charge in [-0.3, -0.25) is 4.79 Å². The highest BCUT2D eigenvalue weighted by Crippen LogP contribution is 2.43. The zero-order valence-electron chi connectivity index (χ0n) is 24.7. The van der Waals surface area contributed by atoms with Crippen LogP contribution in [0.25, 0.3) is 22.8 Å². The number of pyridine rings is 1. The highest BCUT2D eigenvalue weighted by Gasteiger charge is 2.27. The Bertz CT molecular complexity index is 1500. The van der Waals surface area contributed by atoms with E-state index in [-0.39, 0.29) is 39.0 Å². The van der Waals surface area contributed by atoms with Crippen molar-refractivity contribution >= 4 is 46.5 Å². The van der Waals surface area contributed by atoms with Crippen molar-refractivity contribution in [3.05, 3.63) is 80.3 Å². The molecule has 2 heterocycles. The number of rotatable bonds is 6. The fraction of sp³-hybridized carbons (Fsp3) is 0.303. The molecule has 0 atom stereocenters. The van der Waals surface area contributed by atoms with E-state index in [2.05, 4.69) is 28.9 Å². The van der Waals surface area contributed by atoms with Gasteiger partial charge >= 0.3 is 5.97 Å². The number of aromatic carboxylic acids is 1. The lowest BCUT2D eigenvalue weighted by molar-refractivity contribution is 0.0690. The Morgan fingerprint density at radius 1 is 1.02 bits per heavy atom. The number of thiophene rings is 1. The topological polar surface area (TPSA) is 115 Å². The molecule has 2 aromatic heterocycles. The van der Waals surface area contributed by atoms with Crippen LogP contribution in [0.4, 0.5) is 8.78 Å². The Hall–Kier alpha value is -4.04. The molecule has 0 unspecified atom stereocenters. The van der Waals surface area contributed by atoms with Crippen molar-refractivity contribution in [2.24, 2.45) is 5.73 Å². The van der Waals surface area contributed by atoms with Crippen LogP contribution in [0.3, 0.4) is 0 Å². The number of hydrogen-bond donors (Lipinski definition) is 3. The fourth-order valence-corrected chi connectivity index (χ4v) is 6.02. The molecule has 0 saturated heterocycles. The third-order valence-electron chi connectivity index (χ3n) is 6.64. The molecule has 1 aromatic carbocycles. The van der Waals surface area contributed by atoms with Gasteiger partial charge in [-0.15, -0.1) is 24.2 Å². The Kier molecular flexibility index (Phi) is 15.3. The largest absolute Gasteiger partial charge is 0.496 e. The number of nitrogens with two attached hydrogens (primary N) is 1. The number of allylic oxidation sites excluding steroid dienone is 2. The van der Waals surface area contributed by atoms with Gasteiger partial charge < -0.3 is 20.9 Å². The maximum atomic E-state index is 14.4. The summed E-state index contributed by atoms with van der Waals surface area (Å²) in [7, 11) is 2.98. The van der Waals surface area contributed by atoms with Crippen molar-refractivity contribution in [1.29, 1.82) is 0 Å². The smallest absolute Gasteiger partial charge is 0.354 e. The predicted octanol–water partition coefficient (Wildman–Crippen LogP) is 8.29. The van der Waals surface area contributed by atoms with Gasteiger partial charge in [0.1, 0.15) is 28.0 Å². The van der Waals surface area contributed by atoms with E-state index in [9.17, 15) is 23.5 Å². The Labute approximate surface area is 265 Å². The SMILES string of the molecule is C#C.C1CCCCC1.CN.COc1ccc(-c2ccnc(C(=O)O)c2)cc1CNC(=O)c1sc2c(c1Cl)C(F)=CCC=C2F. The monoisotopic (exact) mass is 643 g/mol. The quantitative estimate of drug-likeness (QED) is 0.233. The Morgan fingerprint density at radius 3 is 2.20 bits per heavy atom. The number of amides is 1. The molecule has 234 valence electrons. The summed E-state index contributed by atoms with van der Waals surface area (Å²) in [5.41, 5.74) is 6.20. The minimum absolute atomic E-state index is 0.00368. The third-order valence-corrected chi connectivity index (χ3v) is 8.33. The number of carboxylic acids is 1. The van der Waals surface area contributed by atoms with Crippen LogP contribution in [-0.2, 0) is 6.54 Å². The minimum Gasteiger partial charge on any atom is -0.496 e. The molecule has 0 spiro atoms. The van der Waals surface area contributed by atoms with Crippen molar-refractivity contribution in [3.8, 4) is 29.7 Å². The molecule has 1 saturated carbocycles. The summed E-state index contributed by atoms with van der Waals surface area (Å²) in [5, 5.41) is 11.8. The number of halogens is 3. The van der Waals surface area contributed by atoms with Crippen LogP contribution in [0.1, 0.15) is 81.1 Å². The van der Waals surface area contributed by atoms with Gasteiger partial charge in [0.15, 0.2) is 0 Å². The standard InChI is InChI=1S/C24H17ClF2N2O4S.C6H12.C2H2.CH5N/c1-33-18-6-5-12(13-7-8-28-17(10-13)24(31)32)9-14(18)11-29-23(30)22-20(25)19-15(26)3-2-4-16(27)21(19)34-22;1-2-4-6-5-3-1;2*1-2/h3-10H,2,11H2,1H3,(H,29,30)(H,31,32);1-6H2;1-2H;2H2,1H3. The number of carbonyl (C=O) groups is 2. The molecule has 5 rings (SSSR count). The molecule has 1 amide bonds. The summed E-state index contributed by atoms with van der Waals surface area (Å²) in [6, 6.07) is 8.30. The Balaban J connectivity index is 0.000000586. The predicted molar refractivity (Wildman–Crippen MR) is 174 cm³/mol. The molecule has 2 aliphatic rings. The van der Waals surface area contributed by atoms with Crippen LogP contribution < -0.4 is 15.8 Å². The number of methoxy groups -OCH3 is 1. The maximum absolute atomic E-state index is 14.4. The summed E-state index contributed by atoms with van der Waals surface area (Å²) < 4.78 is 34.1. The molecule has 2 aliphatic carbocycles. The molecule has 0 aliphatic heterocycles. The van der Waals surface area contributed by atoms with Gasteiger partial charge in [-0.05, 0) is 61.0 Å². The molecule has 1 fully saturated rings. The van der Waals surface area contributed by atoms with E-state index in [4.69, 9.17) is 16.3 Å². The lowest BCUT2D eigenvalue weighted by Crippen LogP contribution is -2.22. The summed E-state index contributed by atoms with van der Waals surface area (Å²) in [5.74, 6) is -2.55. The number of ether oxygens (including phenoxy) is 1. The van der Waals surface area contributed by atoms with Crippen LogP contribution in [0, 0.1) is 12.8 Å². The number of carboxylic acid groups (broad SMARTS) is 1. The van der Waals surface area contributed by atoms with Crippen LogP contribution >= 0.6 is 22.9 Å². The van der Waals surface area contributed by atoms with E-state index in [1.807, 2.05) is 0 Å². The molecule has 44 heavy (non-hydrogen) atoms. The van der Waals surface area contributed by atoms with E-state index < -0.39 is 23.5 Å². The number of terminal acetylenes is 1. The number of nitrogens with zero attached hydrogens (tertiary/aromatic N) is 1. The lowest BCUT2D eigenvalue weighted by Gasteiger charge is -2.12. The summed E-state index contributed by atoms with van der Waals surface area (Å²) in [6.07, 6.45) is 20.9. The van der Waals surface area contributed by atoms with Crippen molar-refractivity contribution in [2.45, 2.75) is 51.5 Å². The number of hydrogen-bond acceptors (Lipinski definition) is 6. The summed E-state index contributed by atoms with van der Waals surface area (Å²) in [4.78, 5) is 27.9. The zero-order valence-corrected chi connectivity index (χ0v) is 26.2. The third kappa shape index (κ3) is 9.48. The van der Waals surface area contributed by atoms with Gasteiger partial charge in [-0.1, -0.05) is 56.2 Å². The molecule has 0 radical (unpaired) electrons. The number of nitrogens with one attached hydrogen (secondary N) is 1. The Morgan fingerprint density at radius 2 is 1.61 bits per heavy atom.